The zero-order valence-electron chi connectivity index (χ0n) is 11.8. The lowest BCUT2D eigenvalue weighted by molar-refractivity contribution is 0.102. The molecule has 6 heteroatoms. The van der Waals surface area contributed by atoms with Gasteiger partial charge in [-0.15, -0.1) is 11.3 Å². The van der Waals surface area contributed by atoms with E-state index >= 15 is 0 Å². The van der Waals surface area contributed by atoms with E-state index in [1.807, 2.05) is 35.7 Å². The summed E-state index contributed by atoms with van der Waals surface area (Å²) in [6.45, 7) is 0. The highest BCUT2D eigenvalue weighted by Gasteiger charge is 2.16. The van der Waals surface area contributed by atoms with Gasteiger partial charge in [0.05, 0.1) is 5.56 Å². The van der Waals surface area contributed by atoms with Crippen molar-refractivity contribution in [3.05, 3.63) is 64.3 Å². The van der Waals surface area contributed by atoms with Gasteiger partial charge in [-0.25, -0.2) is 4.98 Å². The van der Waals surface area contributed by atoms with Gasteiger partial charge in [0.1, 0.15) is 5.82 Å². The standard InChI is InChI=1S/C17H10BrN3OS/c18-13-2-1-3-14-15(13)12(9-23-14)17(22)21-16-11-5-6-19-8-10(11)4-7-20-16/h1-9H,(H,20,21,22). The number of hydrogen-bond acceptors (Lipinski definition) is 4. The summed E-state index contributed by atoms with van der Waals surface area (Å²) in [4.78, 5) is 21.1. The zero-order valence-corrected chi connectivity index (χ0v) is 14.2. The van der Waals surface area contributed by atoms with Crippen LogP contribution in [-0.4, -0.2) is 15.9 Å². The van der Waals surface area contributed by atoms with Crippen LogP contribution in [0.2, 0.25) is 0 Å². The quantitative estimate of drug-likeness (QED) is 0.537. The maximum atomic E-state index is 12.7. The summed E-state index contributed by atoms with van der Waals surface area (Å²) in [7, 11) is 0. The number of fused-ring (bicyclic) bond motifs is 2. The molecule has 0 bridgehead atoms. The molecule has 3 aromatic heterocycles. The van der Waals surface area contributed by atoms with Crippen LogP contribution in [0.25, 0.3) is 20.9 Å². The molecule has 1 aromatic carbocycles. The van der Waals surface area contributed by atoms with E-state index in [-0.39, 0.29) is 5.91 Å². The Morgan fingerprint density at radius 3 is 3.00 bits per heavy atom. The van der Waals surface area contributed by atoms with Crippen LogP contribution in [0.5, 0.6) is 0 Å². The van der Waals surface area contributed by atoms with Crippen molar-refractivity contribution in [2.75, 3.05) is 5.32 Å². The van der Waals surface area contributed by atoms with Crippen molar-refractivity contribution in [1.29, 1.82) is 0 Å². The average molecular weight is 384 g/mol. The molecule has 23 heavy (non-hydrogen) atoms. The summed E-state index contributed by atoms with van der Waals surface area (Å²) in [5.41, 5.74) is 0.644. The summed E-state index contributed by atoms with van der Waals surface area (Å²) in [6, 6.07) is 9.62. The number of amides is 1. The summed E-state index contributed by atoms with van der Waals surface area (Å²) in [5.74, 6) is 0.376. The predicted octanol–water partition coefficient (Wildman–Crippen LogP) is 4.86. The topological polar surface area (TPSA) is 54.9 Å². The van der Waals surface area contributed by atoms with Gasteiger partial charge in [0.15, 0.2) is 0 Å². The molecule has 0 unspecified atom stereocenters. The number of nitrogens with one attached hydrogen (secondary N) is 1. The van der Waals surface area contributed by atoms with Gasteiger partial charge >= 0.3 is 0 Å². The third kappa shape index (κ3) is 2.50. The summed E-state index contributed by atoms with van der Waals surface area (Å²) < 4.78 is 1.98. The smallest absolute Gasteiger partial charge is 0.258 e. The fourth-order valence-electron chi connectivity index (χ4n) is 2.50. The third-order valence-corrected chi connectivity index (χ3v) is 5.20. The zero-order chi connectivity index (χ0) is 15.8. The fourth-order valence-corrected chi connectivity index (χ4v) is 4.18. The first-order valence-corrected chi connectivity index (χ1v) is 8.57. The summed E-state index contributed by atoms with van der Waals surface area (Å²) in [6.07, 6.45) is 5.11. The van der Waals surface area contributed by atoms with Crippen LogP contribution in [0.3, 0.4) is 0 Å². The van der Waals surface area contributed by atoms with E-state index in [9.17, 15) is 4.79 Å². The molecule has 0 saturated carbocycles. The second-order valence-electron chi connectivity index (χ2n) is 4.97. The van der Waals surface area contributed by atoms with E-state index < -0.39 is 0 Å². The van der Waals surface area contributed by atoms with Crippen molar-refractivity contribution >= 4 is 59.9 Å². The highest BCUT2D eigenvalue weighted by molar-refractivity contribution is 9.10. The highest BCUT2D eigenvalue weighted by Crippen LogP contribution is 2.33. The molecular formula is C17H10BrN3OS. The van der Waals surface area contributed by atoms with Gasteiger partial charge in [-0.1, -0.05) is 22.0 Å². The SMILES string of the molecule is O=C(Nc1nccc2cnccc12)c1csc2cccc(Br)c12. The van der Waals surface area contributed by atoms with Gasteiger partial charge in [0.25, 0.3) is 5.91 Å². The number of halogens is 1. The molecule has 0 radical (unpaired) electrons. The number of benzene rings is 1. The fraction of sp³-hybridized carbons (Fsp3) is 0. The first-order chi connectivity index (χ1) is 11.2. The Morgan fingerprint density at radius 1 is 1.17 bits per heavy atom. The number of anilines is 1. The van der Waals surface area contributed by atoms with E-state index in [0.29, 0.717) is 11.4 Å². The molecule has 1 amide bonds. The molecule has 112 valence electrons. The molecule has 0 aliphatic rings. The van der Waals surface area contributed by atoms with Crippen molar-refractivity contribution in [2.24, 2.45) is 0 Å². The number of thiophene rings is 1. The Morgan fingerprint density at radius 2 is 2.09 bits per heavy atom. The van der Waals surface area contributed by atoms with Crippen molar-refractivity contribution in [3.63, 3.8) is 0 Å². The van der Waals surface area contributed by atoms with Crippen LogP contribution in [0.4, 0.5) is 5.82 Å². The number of pyridine rings is 2. The Hall–Kier alpha value is -2.31. The molecule has 4 aromatic rings. The van der Waals surface area contributed by atoms with Crippen molar-refractivity contribution in [2.45, 2.75) is 0 Å². The van der Waals surface area contributed by atoms with Gasteiger partial charge in [-0.05, 0) is 24.3 Å². The van der Waals surface area contributed by atoms with Crippen molar-refractivity contribution in [1.82, 2.24) is 9.97 Å². The van der Waals surface area contributed by atoms with E-state index in [2.05, 4.69) is 31.2 Å². The number of hydrogen-bond donors (Lipinski definition) is 1. The number of carbonyl (C=O) groups excluding carboxylic acids is 1. The monoisotopic (exact) mass is 383 g/mol. The van der Waals surface area contributed by atoms with E-state index in [4.69, 9.17) is 0 Å². The minimum Gasteiger partial charge on any atom is -0.306 e. The predicted molar refractivity (Wildman–Crippen MR) is 97.0 cm³/mol. The molecule has 0 fully saturated rings. The van der Waals surface area contributed by atoms with E-state index in [0.717, 1.165) is 25.3 Å². The number of aromatic nitrogens is 2. The largest absolute Gasteiger partial charge is 0.306 e. The first-order valence-electron chi connectivity index (χ1n) is 6.90. The Kier molecular flexibility index (Phi) is 3.55. The van der Waals surface area contributed by atoms with Gasteiger partial charge in [0, 0.05) is 49.3 Å². The molecule has 4 rings (SSSR count). The number of nitrogens with zero attached hydrogens (tertiary/aromatic N) is 2. The van der Waals surface area contributed by atoms with Gasteiger partial charge in [0.2, 0.25) is 0 Å². The maximum absolute atomic E-state index is 12.7. The normalized spacial score (nSPS) is 11.0. The Labute approximate surface area is 144 Å². The molecule has 0 atom stereocenters. The highest BCUT2D eigenvalue weighted by atomic mass is 79.9. The molecule has 4 nitrogen and oxygen atoms in total. The lowest BCUT2D eigenvalue weighted by Crippen LogP contribution is -2.12. The van der Waals surface area contributed by atoms with Crippen LogP contribution >= 0.6 is 27.3 Å². The minimum absolute atomic E-state index is 0.167. The summed E-state index contributed by atoms with van der Waals surface area (Å²) in [5, 5.41) is 7.52. The molecule has 3 heterocycles. The van der Waals surface area contributed by atoms with Crippen LogP contribution in [0, 0.1) is 0 Å². The Bertz CT molecular complexity index is 1040. The van der Waals surface area contributed by atoms with Gasteiger partial charge < -0.3 is 5.32 Å². The minimum atomic E-state index is -0.167. The van der Waals surface area contributed by atoms with Gasteiger partial charge in [-0.2, -0.15) is 0 Å². The molecule has 1 N–H and O–H groups in total. The molecule has 0 spiro atoms. The average Bonchev–Trinajstić information content (AvgIpc) is 3.01. The second-order valence-corrected chi connectivity index (χ2v) is 6.74. The van der Waals surface area contributed by atoms with Gasteiger partial charge in [-0.3, -0.25) is 9.78 Å². The van der Waals surface area contributed by atoms with Crippen molar-refractivity contribution < 1.29 is 4.79 Å². The van der Waals surface area contributed by atoms with Crippen LogP contribution < -0.4 is 5.32 Å². The van der Waals surface area contributed by atoms with Crippen molar-refractivity contribution in [3.8, 4) is 0 Å². The van der Waals surface area contributed by atoms with E-state index in [1.165, 1.54) is 0 Å². The lowest BCUT2D eigenvalue weighted by Gasteiger charge is -2.07. The van der Waals surface area contributed by atoms with E-state index in [1.54, 1.807) is 29.9 Å². The third-order valence-electron chi connectivity index (χ3n) is 3.59. The van der Waals surface area contributed by atoms with Crippen LogP contribution in [0.15, 0.2) is 58.8 Å². The second kappa shape index (κ2) is 5.72. The molecule has 0 aliphatic heterocycles. The summed E-state index contributed by atoms with van der Waals surface area (Å²) >= 11 is 5.07. The number of carbonyl (C=O) groups is 1. The Balaban J connectivity index is 1.77. The molecule has 0 saturated heterocycles. The van der Waals surface area contributed by atoms with Crippen LogP contribution in [-0.2, 0) is 0 Å². The maximum Gasteiger partial charge on any atom is 0.258 e. The molecular weight excluding hydrogens is 374 g/mol. The first kappa shape index (κ1) is 14.3. The van der Waals surface area contributed by atoms with Crippen LogP contribution in [0.1, 0.15) is 10.4 Å². The number of rotatable bonds is 2. The lowest BCUT2D eigenvalue weighted by atomic mass is 10.1. The molecule has 0 aliphatic carbocycles.